The molecular formula is C34H34ClN7O5S. The number of benzene rings is 2. The van der Waals surface area contributed by atoms with Crippen LogP contribution in [0.4, 0.5) is 5.82 Å². The molecule has 0 saturated carbocycles. The summed E-state index contributed by atoms with van der Waals surface area (Å²) in [5, 5.41) is 21.1. The number of nitrogens with zero attached hydrogens (tertiary/aromatic N) is 4. The molecule has 6 N–H and O–H groups in total. The third kappa shape index (κ3) is 9.33. The number of thioether (sulfide) groups is 1. The van der Waals surface area contributed by atoms with Crippen LogP contribution in [0.2, 0.25) is 5.02 Å². The molecule has 0 aliphatic heterocycles. The van der Waals surface area contributed by atoms with E-state index in [-0.39, 0.29) is 23.6 Å². The molecule has 0 saturated heterocycles. The maximum Gasteiger partial charge on any atom is 0.323 e. The van der Waals surface area contributed by atoms with Crippen molar-refractivity contribution in [1.82, 2.24) is 9.97 Å². The van der Waals surface area contributed by atoms with Crippen molar-refractivity contribution in [3.05, 3.63) is 82.2 Å². The van der Waals surface area contributed by atoms with Crippen LogP contribution in [-0.4, -0.2) is 46.7 Å². The van der Waals surface area contributed by atoms with Gasteiger partial charge in [-0.1, -0.05) is 47.6 Å². The molecule has 4 rings (SSSR count). The van der Waals surface area contributed by atoms with E-state index in [1.165, 1.54) is 31.9 Å². The van der Waals surface area contributed by atoms with Gasteiger partial charge in [-0.2, -0.15) is 10.5 Å². The summed E-state index contributed by atoms with van der Waals surface area (Å²) < 4.78 is 16.2. The molecule has 4 aromatic rings. The van der Waals surface area contributed by atoms with Gasteiger partial charge in [0.2, 0.25) is 5.89 Å². The standard InChI is InChI=1S/C34H34ClN7O5S/c1-19(38)33(43)46-17-26(47-34(44)20(2)39)5-3-4-21-6-8-22(9-7-21)29-27(14-36)30(40)42-32(28(29)15-37)48-18-25-16-45-31(41-25)23-10-12-24(35)13-11-23/h6-13,16,19-20,26H,3-5,17-18,38-39H2,1-2H3,(H2,40,42). The van der Waals surface area contributed by atoms with Crippen LogP contribution < -0.4 is 17.2 Å². The number of rotatable bonds is 14. The van der Waals surface area contributed by atoms with Crippen molar-refractivity contribution < 1.29 is 23.5 Å². The molecule has 2 heterocycles. The fourth-order valence-electron chi connectivity index (χ4n) is 4.56. The number of hydrogen-bond donors (Lipinski definition) is 3. The van der Waals surface area contributed by atoms with Crippen LogP contribution in [0, 0.1) is 22.7 Å². The predicted molar refractivity (Wildman–Crippen MR) is 181 cm³/mol. The number of nitrogens with two attached hydrogens (primary N) is 3. The third-order valence-corrected chi connectivity index (χ3v) is 8.35. The molecule has 12 nitrogen and oxygen atoms in total. The van der Waals surface area contributed by atoms with Gasteiger partial charge < -0.3 is 31.1 Å². The van der Waals surface area contributed by atoms with Gasteiger partial charge in [0.05, 0.1) is 11.3 Å². The summed E-state index contributed by atoms with van der Waals surface area (Å²) in [5.74, 6) is -0.409. The van der Waals surface area contributed by atoms with Gasteiger partial charge in [0, 0.05) is 21.9 Å². The molecule has 2 aromatic heterocycles. The van der Waals surface area contributed by atoms with E-state index in [2.05, 4.69) is 22.1 Å². The second kappa shape index (κ2) is 16.8. The van der Waals surface area contributed by atoms with Gasteiger partial charge in [-0.3, -0.25) is 9.59 Å². The van der Waals surface area contributed by atoms with Crippen LogP contribution in [0.25, 0.3) is 22.6 Å². The Hall–Kier alpha value is -4.92. The lowest BCUT2D eigenvalue weighted by Gasteiger charge is -2.19. The second-order valence-corrected chi connectivity index (χ2v) is 12.3. The van der Waals surface area contributed by atoms with Crippen LogP contribution in [0.5, 0.6) is 0 Å². The number of nitrogen functional groups attached to an aromatic ring is 1. The lowest BCUT2D eigenvalue weighted by Crippen LogP contribution is -2.36. The number of pyridine rings is 1. The van der Waals surface area contributed by atoms with Crippen molar-refractivity contribution >= 4 is 41.1 Å². The van der Waals surface area contributed by atoms with Gasteiger partial charge >= 0.3 is 11.9 Å². The Labute approximate surface area is 287 Å². The molecule has 0 aliphatic carbocycles. The first-order chi connectivity index (χ1) is 23.0. The molecule has 0 aliphatic rings. The van der Waals surface area contributed by atoms with Crippen molar-refractivity contribution in [1.29, 1.82) is 10.5 Å². The van der Waals surface area contributed by atoms with Crippen molar-refractivity contribution in [3.8, 4) is 34.7 Å². The molecule has 3 atom stereocenters. The monoisotopic (exact) mass is 687 g/mol. The minimum atomic E-state index is -0.822. The van der Waals surface area contributed by atoms with Crippen LogP contribution in [0.1, 0.15) is 49.1 Å². The highest BCUT2D eigenvalue weighted by atomic mass is 35.5. The lowest BCUT2D eigenvalue weighted by atomic mass is 9.95. The molecule has 0 fully saturated rings. The van der Waals surface area contributed by atoms with E-state index in [4.69, 9.17) is 42.7 Å². The zero-order valence-corrected chi connectivity index (χ0v) is 27.9. The fraction of sp³-hybridized carbons (Fsp3) is 0.294. The molecule has 0 amide bonds. The summed E-state index contributed by atoms with van der Waals surface area (Å²) in [6.45, 7) is 2.89. The van der Waals surface area contributed by atoms with E-state index in [1.54, 1.807) is 24.3 Å². The number of carbonyl (C=O) groups is 2. The first kappa shape index (κ1) is 35.9. The Morgan fingerprint density at radius 3 is 2.23 bits per heavy atom. The van der Waals surface area contributed by atoms with Crippen LogP contribution >= 0.6 is 23.4 Å². The largest absolute Gasteiger partial charge is 0.461 e. The van der Waals surface area contributed by atoms with Crippen LogP contribution in [0.3, 0.4) is 0 Å². The maximum absolute atomic E-state index is 12.1. The van der Waals surface area contributed by atoms with Crippen molar-refractivity contribution in [2.75, 3.05) is 12.3 Å². The number of halogens is 1. The molecule has 0 bridgehead atoms. The minimum Gasteiger partial charge on any atom is -0.461 e. The summed E-state index contributed by atoms with van der Waals surface area (Å²) in [6.07, 6.45) is 2.48. The quantitative estimate of drug-likeness (QED) is 0.116. The fourth-order valence-corrected chi connectivity index (χ4v) is 5.56. The minimum absolute atomic E-state index is 0.0113. The Balaban J connectivity index is 1.47. The van der Waals surface area contributed by atoms with Crippen molar-refractivity contribution in [2.24, 2.45) is 11.5 Å². The maximum atomic E-state index is 12.1. The van der Waals surface area contributed by atoms with Gasteiger partial charge in [-0.15, -0.1) is 0 Å². The Morgan fingerprint density at radius 1 is 0.958 bits per heavy atom. The van der Waals surface area contributed by atoms with E-state index < -0.39 is 30.1 Å². The van der Waals surface area contributed by atoms with Crippen molar-refractivity contribution in [3.63, 3.8) is 0 Å². The molecule has 0 spiro atoms. The number of ether oxygens (including phenoxy) is 2. The summed E-state index contributed by atoms with van der Waals surface area (Å²) >= 11 is 7.24. The van der Waals surface area contributed by atoms with Crippen LogP contribution in [0.15, 0.2) is 64.2 Å². The number of oxazole rings is 1. The highest BCUT2D eigenvalue weighted by Gasteiger charge is 2.22. The zero-order valence-electron chi connectivity index (χ0n) is 26.3. The van der Waals surface area contributed by atoms with E-state index in [1.807, 2.05) is 24.3 Å². The second-order valence-electron chi connectivity index (χ2n) is 10.9. The smallest absolute Gasteiger partial charge is 0.323 e. The van der Waals surface area contributed by atoms with Gasteiger partial charge in [0.1, 0.15) is 59.6 Å². The number of nitriles is 2. The molecule has 48 heavy (non-hydrogen) atoms. The van der Waals surface area contributed by atoms with E-state index in [0.717, 1.165) is 11.1 Å². The van der Waals surface area contributed by atoms with Gasteiger partial charge in [-0.05, 0) is 68.5 Å². The van der Waals surface area contributed by atoms with E-state index >= 15 is 0 Å². The molecule has 248 valence electrons. The third-order valence-electron chi connectivity index (χ3n) is 7.09. The highest BCUT2D eigenvalue weighted by Crippen LogP contribution is 2.37. The SMILES string of the molecule is CC(N)C(=O)OCC(CCCc1ccc(-c2c(C#N)c(N)nc(SCc3coc(-c4ccc(Cl)cc4)n3)c2C#N)cc1)OC(=O)C(C)N. The highest BCUT2D eigenvalue weighted by molar-refractivity contribution is 7.98. The van der Waals surface area contributed by atoms with Crippen LogP contribution in [-0.2, 0) is 31.2 Å². The summed E-state index contributed by atoms with van der Waals surface area (Å²) in [5.41, 5.74) is 21.1. The van der Waals surface area contributed by atoms with Crippen molar-refractivity contribution in [2.45, 2.75) is 62.1 Å². The molecular weight excluding hydrogens is 654 g/mol. The first-order valence-corrected chi connectivity index (χ1v) is 16.3. The number of anilines is 1. The molecule has 3 unspecified atom stereocenters. The topological polar surface area (TPSA) is 217 Å². The Kier molecular flexibility index (Phi) is 12.5. The number of aryl methyl sites for hydroxylation is 1. The Morgan fingerprint density at radius 2 is 1.60 bits per heavy atom. The molecule has 14 heteroatoms. The molecule has 2 aromatic carbocycles. The average Bonchev–Trinajstić information content (AvgIpc) is 3.55. The van der Waals surface area contributed by atoms with Gasteiger partial charge in [-0.25, -0.2) is 9.97 Å². The molecule has 0 radical (unpaired) electrons. The van der Waals surface area contributed by atoms with E-state index in [0.29, 0.717) is 57.8 Å². The predicted octanol–water partition coefficient (Wildman–Crippen LogP) is 5.15. The number of esters is 2. The lowest BCUT2D eigenvalue weighted by molar-refractivity contribution is -0.160. The Bertz CT molecular complexity index is 1830. The zero-order chi connectivity index (χ0) is 34.8. The summed E-state index contributed by atoms with van der Waals surface area (Å²) in [6, 6.07) is 17.2. The number of aromatic nitrogens is 2. The normalized spacial score (nSPS) is 12.7. The number of carbonyl (C=O) groups excluding carboxylic acids is 2. The first-order valence-electron chi connectivity index (χ1n) is 14.9. The van der Waals surface area contributed by atoms with Gasteiger partial charge in [0.25, 0.3) is 0 Å². The average molecular weight is 688 g/mol. The summed E-state index contributed by atoms with van der Waals surface area (Å²) in [4.78, 5) is 32.8. The van der Waals surface area contributed by atoms with E-state index in [9.17, 15) is 20.1 Å². The number of hydrogen-bond acceptors (Lipinski definition) is 13. The summed E-state index contributed by atoms with van der Waals surface area (Å²) in [7, 11) is 0. The van der Waals surface area contributed by atoms with Gasteiger partial charge in [0.15, 0.2) is 0 Å².